The molecule has 30 heavy (non-hydrogen) atoms. The summed E-state index contributed by atoms with van der Waals surface area (Å²) < 4.78 is 4.65. The van der Waals surface area contributed by atoms with E-state index in [0.29, 0.717) is 6.42 Å². The predicted molar refractivity (Wildman–Crippen MR) is 113 cm³/mol. The van der Waals surface area contributed by atoms with Gasteiger partial charge in [0.25, 0.3) is 0 Å². The van der Waals surface area contributed by atoms with Crippen molar-refractivity contribution in [2.45, 2.75) is 129 Å². The second-order valence-electron chi connectivity index (χ2n) is 8.01. The normalized spacial score (nSPS) is 11.5. The van der Waals surface area contributed by atoms with Crippen molar-refractivity contribution in [3.05, 3.63) is 0 Å². The van der Waals surface area contributed by atoms with Gasteiger partial charge in [-0.1, -0.05) is 96.8 Å². The van der Waals surface area contributed by atoms with Gasteiger partial charge >= 0.3 is 34.3 Å². The Balaban J connectivity index is 0. The second-order valence-corrected chi connectivity index (χ2v) is 8.01. The van der Waals surface area contributed by atoms with Crippen LogP contribution in [0, 0.1) is 0 Å². The summed E-state index contributed by atoms with van der Waals surface area (Å²) in [4.78, 5) is 33.4. The van der Waals surface area contributed by atoms with Crippen molar-refractivity contribution in [2.75, 3.05) is 0 Å². The minimum absolute atomic E-state index is 0. The molecular formula is C23H42AgNO5. The van der Waals surface area contributed by atoms with E-state index in [2.05, 4.69) is 11.7 Å². The minimum atomic E-state index is -1.41. The van der Waals surface area contributed by atoms with Crippen molar-refractivity contribution in [2.24, 2.45) is 5.73 Å². The molecule has 0 rings (SSSR count). The van der Waals surface area contributed by atoms with Gasteiger partial charge in [-0.05, 0) is 12.8 Å². The molecule has 0 aromatic rings. The predicted octanol–water partition coefficient (Wildman–Crippen LogP) is 4.17. The van der Waals surface area contributed by atoms with Crippen LogP contribution in [0.1, 0.15) is 122 Å². The smallest absolute Gasteiger partial charge is 0.548 e. The first-order valence-electron chi connectivity index (χ1n) is 11.7. The fourth-order valence-corrected chi connectivity index (χ4v) is 3.26. The van der Waals surface area contributed by atoms with Crippen molar-refractivity contribution in [3.8, 4) is 0 Å². The zero-order valence-electron chi connectivity index (χ0n) is 18.7. The summed E-state index contributed by atoms with van der Waals surface area (Å²) in [5.41, 5.74) is 5.24. The van der Waals surface area contributed by atoms with Crippen LogP contribution in [0.5, 0.6) is 0 Å². The van der Waals surface area contributed by atoms with Crippen molar-refractivity contribution in [1.29, 1.82) is 0 Å². The van der Waals surface area contributed by atoms with Gasteiger partial charge in [0.1, 0.15) is 0 Å². The van der Waals surface area contributed by atoms with E-state index < -0.39 is 23.9 Å². The molecule has 0 spiro atoms. The zero-order valence-corrected chi connectivity index (χ0v) is 20.2. The summed E-state index contributed by atoms with van der Waals surface area (Å²) in [6.07, 6.45) is 18.7. The summed E-state index contributed by atoms with van der Waals surface area (Å²) >= 11 is 0. The van der Waals surface area contributed by atoms with Gasteiger partial charge in [0.05, 0.1) is 5.97 Å². The Morgan fingerprint density at radius 2 is 1.07 bits per heavy atom. The monoisotopic (exact) mass is 519 g/mol. The van der Waals surface area contributed by atoms with Crippen LogP contribution in [-0.4, -0.2) is 23.9 Å². The molecule has 7 heteroatoms. The molecular weight excluding hydrogens is 478 g/mol. The summed E-state index contributed by atoms with van der Waals surface area (Å²) in [5.74, 6) is -2.69. The van der Waals surface area contributed by atoms with Crippen LogP contribution in [0.25, 0.3) is 0 Å². The van der Waals surface area contributed by atoms with E-state index in [1.54, 1.807) is 0 Å². The number of esters is 2. The number of carbonyl (C=O) groups is 3. The Bertz CT molecular complexity index is 445. The standard InChI is InChI=1S/C23H43NO5.Ag/c1-2-3-4-5-6-7-8-9-10-11-12-13-14-15-16-17-21(25)29-22(26)19-18-20(24)23(27)28;/h20H,2-19,24H2,1H3,(H,27,28);/q;+1/p-1/t20-;/m0./s1. The van der Waals surface area contributed by atoms with E-state index in [1.807, 2.05) is 0 Å². The summed E-state index contributed by atoms with van der Waals surface area (Å²) in [5, 5.41) is 10.4. The molecule has 0 aliphatic heterocycles. The Kier molecular flexibility index (Phi) is 24.1. The molecule has 0 heterocycles. The van der Waals surface area contributed by atoms with Gasteiger partial charge in [-0.25, -0.2) is 0 Å². The van der Waals surface area contributed by atoms with Crippen molar-refractivity contribution in [1.82, 2.24) is 0 Å². The molecule has 0 aromatic carbocycles. The molecule has 0 bridgehead atoms. The Hall–Kier alpha value is -0.690. The van der Waals surface area contributed by atoms with E-state index in [-0.39, 0.29) is 41.6 Å². The maximum Gasteiger partial charge on any atom is 1.00 e. The molecule has 0 radical (unpaired) electrons. The number of hydrogen-bond donors (Lipinski definition) is 1. The van der Waals surface area contributed by atoms with E-state index in [1.165, 1.54) is 77.0 Å². The van der Waals surface area contributed by atoms with Crippen molar-refractivity contribution < 1.29 is 46.6 Å². The third-order valence-corrected chi connectivity index (χ3v) is 5.17. The summed E-state index contributed by atoms with van der Waals surface area (Å²) in [7, 11) is 0. The number of carbonyl (C=O) groups excluding carboxylic acids is 3. The third kappa shape index (κ3) is 22.0. The Morgan fingerprint density at radius 1 is 0.700 bits per heavy atom. The molecule has 0 fully saturated rings. The average molecular weight is 520 g/mol. The quantitative estimate of drug-likeness (QED) is 0.112. The van der Waals surface area contributed by atoms with Crippen LogP contribution in [-0.2, 0) is 41.5 Å². The summed E-state index contributed by atoms with van der Waals surface area (Å²) in [6.45, 7) is 2.25. The van der Waals surface area contributed by atoms with Crippen LogP contribution >= 0.6 is 0 Å². The molecule has 0 aliphatic rings. The molecule has 0 amide bonds. The zero-order chi connectivity index (χ0) is 21.7. The Morgan fingerprint density at radius 3 is 1.47 bits per heavy atom. The average Bonchev–Trinajstić information content (AvgIpc) is 2.68. The van der Waals surface area contributed by atoms with Gasteiger partial charge in [0.15, 0.2) is 0 Å². The molecule has 0 saturated heterocycles. The topological polar surface area (TPSA) is 110 Å². The SMILES string of the molecule is CCCCCCCCCCCCCCCCCC(=O)OC(=O)CC[C@H](N)C(=O)[O-].[Ag+]. The third-order valence-electron chi connectivity index (χ3n) is 5.17. The van der Waals surface area contributed by atoms with Gasteiger partial charge < -0.3 is 20.4 Å². The molecule has 6 nitrogen and oxygen atoms in total. The molecule has 0 aliphatic carbocycles. The van der Waals surface area contributed by atoms with Crippen molar-refractivity contribution >= 4 is 17.9 Å². The molecule has 0 unspecified atom stereocenters. The number of aliphatic carboxylic acids is 1. The number of unbranched alkanes of at least 4 members (excludes halogenated alkanes) is 14. The van der Waals surface area contributed by atoms with E-state index in [4.69, 9.17) is 5.73 Å². The largest absolute Gasteiger partial charge is 1.00 e. The van der Waals surface area contributed by atoms with Crippen LogP contribution in [0.15, 0.2) is 0 Å². The maximum atomic E-state index is 11.6. The van der Waals surface area contributed by atoms with E-state index >= 15 is 0 Å². The molecule has 180 valence electrons. The fraction of sp³-hybridized carbons (Fsp3) is 0.870. The van der Waals surface area contributed by atoms with Crippen LogP contribution in [0.3, 0.4) is 0 Å². The first-order chi connectivity index (χ1) is 14.0. The fourth-order valence-electron chi connectivity index (χ4n) is 3.26. The van der Waals surface area contributed by atoms with Gasteiger partial charge in [-0.3, -0.25) is 9.59 Å². The first kappa shape index (κ1) is 31.5. The van der Waals surface area contributed by atoms with Gasteiger partial charge in [-0.15, -0.1) is 0 Å². The second kappa shape index (κ2) is 23.0. The molecule has 2 N–H and O–H groups in total. The number of hydrogen-bond acceptors (Lipinski definition) is 6. The molecule has 0 aromatic heterocycles. The number of rotatable bonds is 20. The van der Waals surface area contributed by atoms with Gasteiger partial charge in [0.2, 0.25) is 0 Å². The number of nitrogens with two attached hydrogens (primary N) is 1. The maximum absolute atomic E-state index is 11.6. The Labute approximate surface area is 198 Å². The first-order valence-corrected chi connectivity index (χ1v) is 11.7. The van der Waals surface area contributed by atoms with E-state index in [9.17, 15) is 19.5 Å². The van der Waals surface area contributed by atoms with Gasteiger partial charge in [-0.2, -0.15) is 0 Å². The van der Waals surface area contributed by atoms with Gasteiger partial charge in [0, 0.05) is 18.9 Å². The number of carboxylic acid groups (broad SMARTS) is 1. The van der Waals surface area contributed by atoms with Crippen LogP contribution in [0.4, 0.5) is 0 Å². The molecule has 1 atom stereocenters. The van der Waals surface area contributed by atoms with Crippen molar-refractivity contribution in [3.63, 3.8) is 0 Å². The summed E-state index contributed by atoms with van der Waals surface area (Å²) in [6, 6.07) is -1.21. The minimum Gasteiger partial charge on any atom is -0.548 e. The van der Waals surface area contributed by atoms with Crippen LogP contribution in [0.2, 0.25) is 0 Å². The van der Waals surface area contributed by atoms with Crippen LogP contribution < -0.4 is 10.8 Å². The van der Waals surface area contributed by atoms with E-state index in [0.717, 1.165) is 12.8 Å². The number of ether oxygens (including phenoxy) is 1. The molecule has 0 saturated carbocycles. The number of carboxylic acids is 1.